The Morgan fingerprint density at radius 3 is 2.60 bits per heavy atom. The van der Waals surface area contributed by atoms with Crippen molar-refractivity contribution >= 4 is 11.3 Å². The molecular weight excluding hydrogens is 268 g/mol. The molecule has 20 heavy (non-hydrogen) atoms. The summed E-state index contributed by atoms with van der Waals surface area (Å²) in [5, 5.41) is 4.51. The lowest BCUT2D eigenvalue weighted by molar-refractivity contribution is 0.425. The van der Waals surface area contributed by atoms with Gasteiger partial charge < -0.3 is 5.32 Å². The molecule has 2 aromatic heterocycles. The van der Waals surface area contributed by atoms with E-state index in [1.807, 2.05) is 6.07 Å². The quantitative estimate of drug-likeness (QED) is 0.934. The Bertz CT molecular complexity index is 555. The van der Waals surface area contributed by atoms with Gasteiger partial charge in [-0.05, 0) is 32.8 Å². The van der Waals surface area contributed by atoms with Crippen molar-refractivity contribution in [2.24, 2.45) is 0 Å². The summed E-state index contributed by atoms with van der Waals surface area (Å²) in [7, 11) is 0. The van der Waals surface area contributed by atoms with Crippen molar-refractivity contribution in [2.45, 2.75) is 52.6 Å². The zero-order valence-corrected chi connectivity index (χ0v) is 13.6. The lowest BCUT2D eigenvalue weighted by Crippen LogP contribution is -2.35. The van der Waals surface area contributed by atoms with Crippen LogP contribution >= 0.6 is 11.3 Å². The fraction of sp³-hybridized carbons (Fsp3) is 0.533. The van der Waals surface area contributed by atoms with Gasteiger partial charge in [0.25, 0.3) is 0 Å². The van der Waals surface area contributed by atoms with Crippen LogP contribution in [0.25, 0.3) is 10.7 Å². The maximum atomic E-state index is 4.77. The number of nitrogens with zero attached hydrogens (tertiary/aromatic N) is 3. The van der Waals surface area contributed by atoms with Crippen molar-refractivity contribution in [3.63, 3.8) is 0 Å². The zero-order chi connectivity index (χ0) is 14.8. The summed E-state index contributed by atoms with van der Waals surface area (Å²) in [5.41, 5.74) is 2.17. The molecule has 0 aliphatic heterocycles. The Labute approximate surface area is 124 Å². The van der Waals surface area contributed by atoms with E-state index in [9.17, 15) is 0 Å². The summed E-state index contributed by atoms with van der Waals surface area (Å²) in [6.45, 7) is 11.7. The molecule has 4 nitrogen and oxygen atoms in total. The van der Waals surface area contributed by atoms with Gasteiger partial charge >= 0.3 is 0 Å². The van der Waals surface area contributed by atoms with E-state index in [0.717, 1.165) is 17.2 Å². The minimum Gasteiger partial charge on any atom is -0.307 e. The van der Waals surface area contributed by atoms with Crippen molar-refractivity contribution in [3.05, 3.63) is 29.2 Å². The normalized spacial score (nSPS) is 12.1. The molecule has 2 aromatic rings. The summed E-state index contributed by atoms with van der Waals surface area (Å²) in [4.78, 5) is 14.3. The SMILES string of the molecule is CC(C)c1nc(-c2ccncn2)sc1CNC(C)(C)C. The van der Waals surface area contributed by atoms with Crippen molar-refractivity contribution in [1.29, 1.82) is 0 Å². The van der Waals surface area contributed by atoms with Gasteiger partial charge in [0.05, 0.1) is 5.69 Å². The first-order valence-corrected chi connectivity index (χ1v) is 7.69. The first-order chi connectivity index (χ1) is 9.37. The molecule has 0 atom stereocenters. The molecule has 0 aliphatic carbocycles. The van der Waals surface area contributed by atoms with Gasteiger partial charge in [0.2, 0.25) is 0 Å². The Hall–Kier alpha value is -1.33. The summed E-state index contributed by atoms with van der Waals surface area (Å²) < 4.78 is 0. The molecule has 0 radical (unpaired) electrons. The number of hydrogen-bond acceptors (Lipinski definition) is 5. The fourth-order valence-corrected chi connectivity index (χ4v) is 2.95. The molecule has 0 amide bonds. The van der Waals surface area contributed by atoms with Crippen LogP contribution in [0.5, 0.6) is 0 Å². The average Bonchev–Trinajstić information content (AvgIpc) is 2.81. The topological polar surface area (TPSA) is 50.7 Å². The second-order valence-corrected chi connectivity index (χ2v) is 7.26. The number of hydrogen-bond donors (Lipinski definition) is 1. The van der Waals surface area contributed by atoms with Crippen LogP contribution in [0.1, 0.15) is 51.1 Å². The third-order valence-electron chi connectivity index (χ3n) is 2.85. The fourth-order valence-electron chi connectivity index (χ4n) is 1.81. The molecule has 0 aliphatic rings. The molecular formula is C15H22N4S. The summed E-state index contributed by atoms with van der Waals surface area (Å²) >= 11 is 1.72. The molecule has 0 bridgehead atoms. The van der Waals surface area contributed by atoms with Crippen molar-refractivity contribution in [1.82, 2.24) is 20.3 Å². The highest BCUT2D eigenvalue weighted by Gasteiger charge is 2.17. The second-order valence-electron chi connectivity index (χ2n) is 6.18. The maximum absolute atomic E-state index is 4.77. The van der Waals surface area contributed by atoms with Gasteiger partial charge in [0, 0.05) is 23.2 Å². The highest BCUT2D eigenvalue weighted by Crippen LogP contribution is 2.30. The first-order valence-electron chi connectivity index (χ1n) is 6.88. The van der Waals surface area contributed by atoms with Crippen LogP contribution < -0.4 is 5.32 Å². The van der Waals surface area contributed by atoms with Crippen LogP contribution in [0.3, 0.4) is 0 Å². The van der Waals surface area contributed by atoms with E-state index in [2.05, 4.69) is 49.9 Å². The largest absolute Gasteiger partial charge is 0.307 e. The highest BCUT2D eigenvalue weighted by atomic mass is 32.1. The first kappa shape index (κ1) is 15.1. The van der Waals surface area contributed by atoms with Crippen LogP contribution in [0, 0.1) is 0 Å². The number of aromatic nitrogens is 3. The van der Waals surface area contributed by atoms with Crippen LogP contribution in [0.4, 0.5) is 0 Å². The number of rotatable bonds is 4. The van der Waals surface area contributed by atoms with Crippen LogP contribution in [0.2, 0.25) is 0 Å². The predicted molar refractivity (Wildman–Crippen MR) is 83.8 cm³/mol. The predicted octanol–water partition coefficient (Wildman–Crippen LogP) is 3.61. The van der Waals surface area contributed by atoms with Crippen LogP contribution in [0.15, 0.2) is 18.6 Å². The summed E-state index contributed by atoms with van der Waals surface area (Å²) in [6, 6.07) is 1.91. The van der Waals surface area contributed by atoms with E-state index in [-0.39, 0.29) is 5.54 Å². The molecule has 2 heterocycles. The minimum absolute atomic E-state index is 0.104. The Morgan fingerprint density at radius 2 is 2.05 bits per heavy atom. The molecule has 2 rings (SSSR count). The molecule has 108 valence electrons. The Kier molecular flexibility index (Phi) is 4.50. The number of nitrogens with one attached hydrogen (secondary N) is 1. The maximum Gasteiger partial charge on any atom is 0.142 e. The third-order valence-corrected chi connectivity index (χ3v) is 3.95. The smallest absolute Gasteiger partial charge is 0.142 e. The van der Waals surface area contributed by atoms with E-state index in [1.54, 1.807) is 23.9 Å². The molecule has 0 aromatic carbocycles. The van der Waals surface area contributed by atoms with Crippen LogP contribution in [-0.2, 0) is 6.54 Å². The molecule has 5 heteroatoms. The Morgan fingerprint density at radius 1 is 1.30 bits per heavy atom. The summed E-state index contributed by atoms with van der Waals surface area (Å²) in [6.07, 6.45) is 3.32. The van der Waals surface area contributed by atoms with Crippen molar-refractivity contribution < 1.29 is 0 Å². The Balaban J connectivity index is 2.29. The molecule has 0 saturated heterocycles. The standard InChI is InChI=1S/C15H22N4S/c1-10(2)13-12(8-18-15(3,4)5)20-14(19-13)11-6-7-16-9-17-11/h6-7,9-10,18H,8H2,1-5H3. The third kappa shape index (κ3) is 3.84. The van der Waals surface area contributed by atoms with Gasteiger partial charge in [-0.1, -0.05) is 13.8 Å². The lowest BCUT2D eigenvalue weighted by Gasteiger charge is -2.20. The van der Waals surface area contributed by atoms with E-state index in [0.29, 0.717) is 5.92 Å². The van der Waals surface area contributed by atoms with E-state index in [4.69, 9.17) is 4.98 Å². The average molecular weight is 290 g/mol. The lowest BCUT2D eigenvalue weighted by atomic mass is 10.1. The van der Waals surface area contributed by atoms with E-state index in [1.165, 1.54) is 10.6 Å². The van der Waals surface area contributed by atoms with Crippen LogP contribution in [-0.4, -0.2) is 20.5 Å². The van der Waals surface area contributed by atoms with E-state index < -0.39 is 0 Å². The number of thiazole rings is 1. The van der Waals surface area contributed by atoms with Gasteiger partial charge in [-0.2, -0.15) is 0 Å². The van der Waals surface area contributed by atoms with Gasteiger partial charge in [-0.25, -0.2) is 15.0 Å². The molecule has 0 unspecified atom stereocenters. The highest BCUT2D eigenvalue weighted by molar-refractivity contribution is 7.15. The molecule has 0 saturated carbocycles. The van der Waals surface area contributed by atoms with Crippen molar-refractivity contribution in [2.75, 3.05) is 0 Å². The van der Waals surface area contributed by atoms with Crippen molar-refractivity contribution in [3.8, 4) is 10.7 Å². The van der Waals surface area contributed by atoms with Gasteiger partial charge in [-0.15, -0.1) is 11.3 Å². The van der Waals surface area contributed by atoms with E-state index >= 15 is 0 Å². The van der Waals surface area contributed by atoms with Gasteiger partial charge in [0.1, 0.15) is 17.0 Å². The van der Waals surface area contributed by atoms with Gasteiger partial charge in [0.15, 0.2) is 0 Å². The summed E-state index contributed by atoms with van der Waals surface area (Å²) in [5.74, 6) is 0.415. The second kappa shape index (κ2) is 5.97. The minimum atomic E-state index is 0.104. The molecule has 0 fully saturated rings. The van der Waals surface area contributed by atoms with Gasteiger partial charge in [-0.3, -0.25) is 0 Å². The zero-order valence-electron chi connectivity index (χ0n) is 12.8. The molecule has 1 N–H and O–H groups in total. The molecule has 0 spiro atoms. The monoisotopic (exact) mass is 290 g/mol.